The highest BCUT2D eigenvalue weighted by atomic mass is 31.2. The molecule has 5 unspecified atom stereocenters. The maximum atomic E-state index is 13.1. The van der Waals surface area contributed by atoms with Gasteiger partial charge in [-0.2, -0.15) is 0 Å². The van der Waals surface area contributed by atoms with Crippen molar-refractivity contribution in [2.45, 2.75) is 316 Å². The molecule has 0 heterocycles. The first-order valence-corrected chi connectivity index (χ1v) is 42.7. The predicted octanol–water partition coefficient (Wildman–Crippen LogP) is 23.2. The molecular formula is C85H140O17P2. The Balaban J connectivity index is 5.43. The predicted molar refractivity (Wildman–Crippen MR) is 427 cm³/mol. The highest BCUT2D eigenvalue weighted by Crippen LogP contribution is 2.45. The quantitative estimate of drug-likeness (QED) is 0.0169. The molecule has 0 aliphatic heterocycles. The lowest BCUT2D eigenvalue weighted by atomic mass is 10.1. The van der Waals surface area contributed by atoms with Crippen molar-refractivity contribution in [3.63, 3.8) is 0 Å². The number of unbranched alkanes of at least 4 members (excludes halogenated alkanes) is 21. The Bertz CT molecular complexity index is 2590. The number of esters is 4. The van der Waals surface area contributed by atoms with Crippen LogP contribution in [0.25, 0.3) is 0 Å². The largest absolute Gasteiger partial charge is 0.472 e. The number of carbonyl (C=O) groups excluding carboxylic acids is 4. The van der Waals surface area contributed by atoms with Crippen LogP contribution in [0.5, 0.6) is 0 Å². The molecule has 0 radical (unpaired) electrons. The standard InChI is InChI=1S/C85H140O17P2/c1-5-9-13-17-21-25-29-32-35-37-39-41-44-46-50-53-57-61-65-69-82(87)95-75-80(101-84(89)71-67-63-59-55-49-28-24-20-16-12-8-4)77-99-103(91,92)97-73-79(86)74-98-104(93,94)100-78-81(102-85(90)72-68-64-60-56-52-48-43-34-31-27-23-19-15-11-7-3)76-96-83(88)70-66-62-58-54-51-47-45-42-40-38-36-33-30-26-22-18-14-10-6-2/h9-10,13-14,20-22,24-26,32-36,39-43,46-47,50-51,57,61,79-81,86H,5-8,11-12,15-19,23,27-31,37-38,44-45,48-49,52-56,58-60,62-78H2,1-4H3,(H,91,92)(H,93,94)/b13-9-,14-10-,24-20-,25-21-,26-22-,35-32-,36-33-,41-39-,42-40-,43-34-,50-46-,51-47-,61-57-. The number of aliphatic hydroxyl groups excluding tert-OH is 1. The van der Waals surface area contributed by atoms with Gasteiger partial charge in [-0.1, -0.05) is 276 Å². The van der Waals surface area contributed by atoms with Crippen LogP contribution < -0.4 is 0 Å². The first kappa shape index (κ1) is 98.7. The molecule has 0 aliphatic rings. The van der Waals surface area contributed by atoms with Gasteiger partial charge in [-0.15, -0.1) is 0 Å². The van der Waals surface area contributed by atoms with Gasteiger partial charge in [-0.3, -0.25) is 37.3 Å². The van der Waals surface area contributed by atoms with E-state index in [1.807, 2.05) is 18.2 Å². The third kappa shape index (κ3) is 74.9. The minimum Gasteiger partial charge on any atom is -0.462 e. The van der Waals surface area contributed by atoms with E-state index in [-0.39, 0.29) is 25.7 Å². The highest BCUT2D eigenvalue weighted by molar-refractivity contribution is 7.47. The van der Waals surface area contributed by atoms with Crippen molar-refractivity contribution < 1.29 is 80.2 Å². The number of phosphoric acid groups is 2. The van der Waals surface area contributed by atoms with Gasteiger partial charge < -0.3 is 33.8 Å². The zero-order valence-corrected chi connectivity index (χ0v) is 66.4. The lowest BCUT2D eigenvalue weighted by Crippen LogP contribution is -2.30. The smallest absolute Gasteiger partial charge is 0.462 e. The van der Waals surface area contributed by atoms with E-state index in [0.717, 1.165) is 167 Å². The van der Waals surface area contributed by atoms with E-state index >= 15 is 0 Å². The summed E-state index contributed by atoms with van der Waals surface area (Å²) in [4.78, 5) is 72.9. The molecule has 0 spiro atoms. The molecule has 0 aliphatic carbocycles. The second-order valence-electron chi connectivity index (χ2n) is 25.9. The Morgan fingerprint density at radius 3 is 0.875 bits per heavy atom. The summed E-state index contributed by atoms with van der Waals surface area (Å²) < 4.78 is 68.4. The molecule has 0 aromatic carbocycles. The Morgan fingerprint density at radius 1 is 0.279 bits per heavy atom. The first-order chi connectivity index (χ1) is 50.7. The maximum Gasteiger partial charge on any atom is 0.472 e. The Hall–Kier alpha value is -5.32. The van der Waals surface area contributed by atoms with Crippen molar-refractivity contribution in [3.05, 3.63) is 158 Å². The van der Waals surface area contributed by atoms with E-state index in [4.69, 9.17) is 37.0 Å². The van der Waals surface area contributed by atoms with Gasteiger partial charge >= 0.3 is 39.5 Å². The van der Waals surface area contributed by atoms with Crippen molar-refractivity contribution in [3.8, 4) is 0 Å². The normalized spacial score (nSPS) is 14.7. The lowest BCUT2D eigenvalue weighted by molar-refractivity contribution is -0.161. The van der Waals surface area contributed by atoms with Gasteiger partial charge in [-0.25, -0.2) is 9.13 Å². The molecule has 0 rings (SSSR count). The van der Waals surface area contributed by atoms with Gasteiger partial charge in [0.15, 0.2) is 12.2 Å². The summed E-state index contributed by atoms with van der Waals surface area (Å²) in [5.74, 6) is -2.34. The summed E-state index contributed by atoms with van der Waals surface area (Å²) >= 11 is 0. The summed E-state index contributed by atoms with van der Waals surface area (Å²) in [6.07, 6.45) is 88.2. The summed E-state index contributed by atoms with van der Waals surface area (Å²) in [6.45, 7) is 4.45. The average Bonchev–Trinajstić information content (AvgIpc) is 0.931. The van der Waals surface area contributed by atoms with Crippen molar-refractivity contribution in [2.24, 2.45) is 0 Å². The van der Waals surface area contributed by atoms with Gasteiger partial charge in [0.1, 0.15) is 19.3 Å². The second-order valence-corrected chi connectivity index (χ2v) is 28.8. The van der Waals surface area contributed by atoms with Crippen LogP contribution >= 0.6 is 15.6 Å². The minimum atomic E-state index is -5.00. The molecule has 0 amide bonds. The number of aliphatic hydroxyl groups is 1. The fraction of sp³-hybridized carbons (Fsp3) is 0.647. The number of hydrogen-bond donors (Lipinski definition) is 3. The summed E-state index contributed by atoms with van der Waals surface area (Å²) in [5, 5.41) is 10.6. The van der Waals surface area contributed by atoms with Gasteiger partial charge in [0.25, 0.3) is 0 Å². The molecule has 0 aromatic rings. The van der Waals surface area contributed by atoms with Crippen LogP contribution in [-0.2, 0) is 65.4 Å². The molecule has 0 saturated heterocycles. The van der Waals surface area contributed by atoms with Crippen LogP contribution in [0.2, 0.25) is 0 Å². The fourth-order valence-corrected chi connectivity index (χ4v) is 11.5. The van der Waals surface area contributed by atoms with Crippen LogP contribution in [-0.4, -0.2) is 96.7 Å². The van der Waals surface area contributed by atoms with Crippen LogP contribution in [0, 0.1) is 0 Å². The summed E-state index contributed by atoms with van der Waals surface area (Å²) in [5.41, 5.74) is 0. The molecule has 0 aromatic heterocycles. The number of phosphoric ester groups is 2. The Kier molecular flexibility index (Phi) is 72.0. The van der Waals surface area contributed by atoms with E-state index in [1.165, 1.54) is 44.9 Å². The summed E-state index contributed by atoms with van der Waals surface area (Å²) in [7, 11) is -10.00. The monoisotopic (exact) mass is 1490 g/mol. The maximum absolute atomic E-state index is 13.1. The van der Waals surface area contributed by atoms with Crippen LogP contribution in [0.1, 0.15) is 297 Å². The number of allylic oxidation sites excluding steroid dienone is 26. The average molecular weight is 1500 g/mol. The van der Waals surface area contributed by atoms with Gasteiger partial charge in [0, 0.05) is 25.7 Å². The van der Waals surface area contributed by atoms with Crippen molar-refractivity contribution in [1.82, 2.24) is 0 Å². The van der Waals surface area contributed by atoms with Crippen LogP contribution in [0.4, 0.5) is 0 Å². The number of ether oxygens (including phenoxy) is 4. The molecule has 0 fully saturated rings. The molecule has 19 heteroatoms. The molecule has 104 heavy (non-hydrogen) atoms. The first-order valence-electron chi connectivity index (χ1n) is 39.7. The zero-order valence-electron chi connectivity index (χ0n) is 64.6. The molecule has 5 atom stereocenters. The number of carbonyl (C=O) groups is 4. The van der Waals surface area contributed by atoms with E-state index in [1.54, 1.807) is 0 Å². The molecule has 0 bridgehead atoms. The topological polar surface area (TPSA) is 237 Å². The van der Waals surface area contributed by atoms with E-state index in [2.05, 4.69) is 167 Å². The van der Waals surface area contributed by atoms with Crippen LogP contribution in [0.3, 0.4) is 0 Å². The van der Waals surface area contributed by atoms with Gasteiger partial charge in [-0.05, 0) is 154 Å². The molecule has 592 valence electrons. The van der Waals surface area contributed by atoms with E-state index in [9.17, 15) is 43.2 Å². The number of rotatable bonds is 73. The minimum absolute atomic E-state index is 0.0298. The van der Waals surface area contributed by atoms with E-state index in [0.29, 0.717) is 32.1 Å². The molecule has 0 saturated carbocycles. The van der Waals surface area contributed by atoms with Gasteiger partial charge in [0.05, 0.1) is 26.4 Å². The van der Waals surface area contributed by atoms with Crippen LogP contribution in [0.15, 0.2) is 158 Å². The lowest BCUT2D eigenvalue weighted by Gasteiger charge is -2.21. The Labute approximate surface area is 629 Å². The fourth-order valence-electron chi connectivity index (χ4n) is 9.95. The van der Waals surface area contributed by atoms with Gasteiger partial charge in [0.2, 0.25) is 0 Å². The van der Waals surface area contributed by atoms with Crippen molar-refractivity contribution in [2.75, 3.05) is 39.6 Å². The Morgan fingerprint density at radius 2 is 0.529 bits per heavy atom. The molecule has 17 nitrogen and oxygen atoms in total. The zero-order chi connectivity index (χ0) is 76.0. The second kappa shape index (κ2) is 75.9. The third-order valence-electron chi connectivity index (χ3n) is 16.0. The third-order valence-corrected chi connectivity index (χ3v) is 17.9. The summed E-state index contributed by atoms with van der Waals surface area (Å²) in [6, 6.07) is 0. The number of hydrogen-bond acceptors (Lipinski definition) is 15. The highest BCUT2D eigenvalue weighted by Gasteiger charge is 2.30. The molecule has 3 N–H and O–H groups in total. The van der Waals surface area contributed by atoms with E-state index < -0.39 is 97.5 Å². The SMILES string of the molecule is CC/C=C\C/C=C\C/C=C\C/C=C\C/C=C\C/C=C\CCC(=O)OCC(COP(=O)(O)OCC(O)COP(=O)(O)OCC(COC(=O)CCCCC/C=C\C/C=C\C/C=C\C/C=C\C/C=C\CC)OC(=O)CCCCCCC/C=C\CCCCCCCC)OC(=O)CCCCCCC/C=C\CCCC. The van der Waals surface area contributed by atoms with Crippen molar-refractivity contribution >= 4 is 39.5 Å². The molecular weight excluding hydrogens is 1350 g/mol. The van der Waals surface area contributed by atoms with Crippen molar-refractivity contribution in [1.29, 1.82) is 0 Å².